The molecule has 4 aromatic heterocycles. The van der Waals surface area contributed by atoms with Gasteiger partial charge in [-0.1, -0.05) is 92.8 Å². The molecule has 2 N–H and O–H groups in total. The summed E-state index contributed by atoms with van der Waals surface area (Å²) in [5.74, 6) is -0.684. The van der Waals surface area contributed by atoms with Gasteiger partial charge >= 0.3 is 5.63 Å². The summed E-state index contributed by atoms with van der Waals surface area (Å²) in [6.45, 7) is 8.10. The van der Waals surface area contributed by atoms with Crippen molar-refractivity contribution in [2.24, 2.45) is 0 Å². The SMILES string of the molecule is COc1cccnc1-c1cc(C(=O)Nc2nnc(-n3nccc3NC(C)=O)s2)oc(=O)c1O[C@@H]1CC[C@H](O[Si](c2ccccc2)(c2ccccc2)C(C)(C)C)C1. The third-order valence-electron chi connectivity index (χ3n) is 9.52. The van der Waals surface area contributed by atoms with E-state index in [4.69, 9.17) is 18.3 Å². The zero-order chi connectivity index (χ0) is 39.5. The van der Waals surface area contributed by atoms with E-state index < -0.39 is 26.0 Å². The molecule has 0 saturated heterocycles. The van der Waals surface area contributed by atoms with Gasteiger partial charge in [-0.15, -0.1) is 10.2 Å². The summed E-state index contributed by atoms with van der Waals surface area (Å²) >= 11 is 1.00. The molecule has 56 heavy (non-hydrogen) atoms. The van der Waals surface area contributed by atoms with Crippen LogP contribution in [0.3, 0.4) is 0 Å². The van der Waals surface area contributed by atoms with E-state index in [1.807, 2.05) is 12.1 Å². The highest BCUT2D eigenvalue weighted by Gasteiger charge is 2.52. The van der Waals surface area contributed by atoms with Crippen molar-refractivity contribution in [2.75, 3.05) is 17.7 Å². The van der Waals surface area contributed by atoms with Crippen LogP contribution in [0.1, 0.15) is 57.5 Å². The summed E-state index contributed by atoms with van der Waals surface area (Å²) in [7, 11) is -1.34. The van der Waals surface area contributed by atoms with Crippen LogP contribution in [0, 0.1) is 0 Å². The molecule has 2 aromatic carbocycles. The molecule has 1 aliphatic rings. The molecular weight excluding hydrogens is 751 g/mol. The lowest BCUT2D eigenvalue weighted by Gasteiger charge is -2.44. The third kappa shape index (κ3) is 7.76. The fraction of sp³-hybridized carbons (Fsp3) is 0.275. The molecule has 2 amide bonds. The molecule has 1 fully saturated rings. The Morgan fingerprint density at radius 3 is 2.27 bits per heavy atom. The largest absolute Gasteiger partial charge is 0.494 e. The molecule has 14 nitrogen and oxygen atoms in total. The number of carbonyl (C=O) groups is 2. The molecule has 0 spiro atoms. The first kappa shape index (κ1) is 38.3. The van der Waals surface area contributed by atoms with E-state index >= 15 is 0 Å². The number of rotatable bonds is 12. The zero-order valence-corrected chi connectivity index (χ0v) is 33.3. The molecule has 7 rings (SSSR count). The lowest BCUT2D eigenvalue weighted by Crippen LogP contribution is -2.67. The third-order valence-corrected chi connectivity index (χ3v) is 15.4. The van der Waals surface area contributed by atoms with E-state index in [0.29, 0.717) is 30.1 Å². The molecular formula is C40H41N7O7SSi. The minimum atomic E-state index is -2.84. The van der Waals surface area contributed by atoms with E-state index in [1.165, 1.54) is 41.4 Å². The molecule has 0 unspecified atom stereocenters. The van der Waals surface area contributed by atoms with Gasteiger partial charge in [0.25, 0.3) is 14.2 Å². The molecule has 0 aliphatic heterocycles. The Hall–Kier alpha value is -5.97. The van der Waals surface area contributed by atoms with Crippen LogP contribution in [0.5, 0.6) is 11.5 Å². The van der Waals surface area contributed by atoms with Crippen molar-refractivity contribution in [3.63, 3.8) is 0 Å². The molecule has 6 aromatic rings. The van der Waals surface area contributed by atoms with Crippen molar-refractivity contribution in [2.45, 2.75) is 64.2 Å². The predicted molar refractivity (Wildman–Crippen MR) is 215 cm³/mol. The van der Waals surface area contributed by atoms with Gasteiger partial charge in [0, 0.05) is 37.8 Å². The van der Waals surface area contributed by atoms with Gasteiger partial charge in [-0.3, -0.25) is 19.9 Å². The molecule has 0 bridgehead atoms. The number of hydrogen-bond donors (Lipinski definition) is 2. The Morgan fingerprint density at radius 2 is 1.61 bits per heavy atom. The number of aromatic nitrogens is 5. The Morgan fingerprint density at radius 1 is 0.911 bits per heavy atom. The number of methoxy groups -OCH3 is 1. The van der Waals surface area contributed by atoms with Gasteiger partial charge in [0.1, 0.15) is 23.4 Å². The van der Waals surface area contributed by atoms with E-state index in [-0.39, 0.29) is 44.4 Å². The topological polar surface area (TPSA) is 173 Å². The highest BCUT2D eigenvalue weighted by molar-refractivity contribution is 7.17. The molecule has 4 heterocycles. The lowest BCUT2D eigenvalue weighted by atomic mass is 10.1. The maximum Gasteiger partial charge on any atom is 0.379 e. The van der Waals surface area contributed by atoms with Crippen LogP contribution in [0.4, 0.5) is 10.9 Å². The van der Waals surface area contributed by atoms with E-state index in [2.05, 4.69) is 100 Å². The van der Waals surface area contributed by atoms with Crippen molar-refractivity contribution in [3.8, 4) is 27.9 Å². The van der Waals surface area contributed by atoms with Crippen molar-refractivity contribution >= 4 is 52.8 Å². The average molecular weight is 792 g/mol. The van der Waals surface area contributed by atoms with Crippen molar-refractivity contribution < 1.29 is 27.9 Å². The van der Waals surface area contributed by atoms with Crippen LogP contribution in [-0.4, -0.2) is 64.4 Å². The second-order valence-corrected chi connectivity index (χ2v) is 19.5. The lowest BCUT2D eigenvalue weighted by molar-refractivity contribution is -0.114. The summed E-state index contributed by atoms with van der Waals surface area (Å²) in [5.41, 5.74) is -0.326. The van der Waals surface area contributed by atoms with Gasteiger partial charge in [0.2, 0.25) is 21.9 Å². The zero-order valence-electron chi connectivity index (χ0n) is 31.5. The number of carbonyl (C=O) groups excluding carboxylic acids is 2. The minimum absolute atomic E-state index is 0.0861. The van der Waals surface area contributed by atoms with Gasteiger partial charge in [0.15, 0.2) is 5.76 Å². The highest BCUT2D eigenvalue weighted by atomic mass is 32.1. The second kappa shape index (κ2) is 16.0. The maximum absolute atomic E-state index is 13.8. The number of nitrogens with one attached hydrogen (secondary N) is 2. The first-order valence-electron chi connectivity index (χ1n) is 18.1. The fourth-order valence-corrected chi connectivity index (χ4v) is 12.5. The fourth-order valence-electron chi connectivity index (χ4n) is 7.10. The molecule has 1 saturated carbocycles. The van der Waals surface area contributed by atoms with Crippen molar-refractivity contribution in [3.05, 3.63) is 114 Å². The summed E-state index contributed by atoms with van der Waals surface area (Å²) in [6.07, 6.45) is 4.39. The average Bonchev–Trinajstić information content (AvgIpc) is 3.96. The van der Waals surface area contributed by atoms with Gasteiger partial charge in [-0.25, -0.2) is 4.79 Å². The predicted octanol–water partition coefficient (Wildman–Crippen LogP) is 5.83. The maximum atomic E-state index is 13.8. The number of hydrogen-bond acceptors (Lipinski definition) is 12. The Balaban J connectivity index is 1.16. The highest BCUT2D eigenvalue weighted by Crippen LogP contribution is 2.41. The number of nitrogens with zero attached hydrogens (tertiary/aromatic N) is 5. The standard InChI is InChI=1S/C40H41N7O7SSi/c1-25(48)43-33-20-22-42-47(33)39-46-45-38(55-39)44-36(49)32-24-30(34-31(51-5)17-12-21-41-34)35(37(50)53-32)52-26-18-19-27(23-26)54-56(40(2,3)4,28-13-8-6-9-14-28)29-15-10-7-11-16-29/h6-17,20-22,24,26-27H,18-19,23H2,1-5H3,(H,43,48)(H,44,45,49)/t26-,27+/m1/s1. The summed E-state index contributed by atoms with van der Waals surface area (Å²) < 4.78 is 26.5. The van der Waals surface area contributed by atoms with Gasteiger partial charge < -0.3 is 23.6 Å². The Bertz CT molecular complexity index is 2360. The first-order chi connectivity index (χ1) is 27.0. The van der Waals surface area contributed by atoms with E-state index in [9.17, 15) is 14.4 Å². The summed E-state index contributed by atoms with van der Waals surface area (Å²) in [4.78, 5) is 43.5. The number of benzene rings is 2. The van der Waals surface area contributed by atoms with Gasteiger partial charge in [0.05, 0.1) is 18.9 Å². The van der Waals surface area contributed by atoms with Gasteiger partial charge in [-0.2, -0.15) is 9.78 Å². The number of anilines is 2. The van der Waals surface area contributed by atoms with E-state index in [0.717, 1.165) is 17.8 Å². The van der Waals surface area contributed by atoms with Crippen molar-refractivity contribution in [1.82, 2.24) is 25.0 Å². The number of pyridine rings is 1. The first-order valence-corrected chi connectivity index (χ1v) is 20.8. The van der Waals surface area contributed by atoms with Crippen molar-refractivity contribution in [1.29, 1.82) is 0 Å². The summed E-state index contributed by atoms with van der Waals surface area (Å²) in [5, 5.41) is 20.1. The normalized spacial score (nSPS) is 15.7. The van der Waals surface area contributed by atoms with Crippen LogP contribution in [0.25, 0.3) is 16.4 Å². The number of ether oxygens (including phenoxy) is 2. The monoisotopic (exact) mass is 791 g/mol. The van der Waals surface area contributed by atoms with Crippen LogP contribution in [-0.2, 0) is 9.22 Å². The smallest absolute Gasteiger partial charge is 0.379 e. The molecule has 1 aliphatic carbocycles. The van der Waals surface area contributed by atoms with Crippen LogP contribution < -0.4 is 36.1 Å². The Labute approximate surface area is 328 Å². The van der Waals surface area contributed by atoms with E-state index in [1.54, 1.807) is 24.4 Å². The second-order valence-electron chi connectivity index (χ2n) is 14.3. The molecule has 16 heteroatoms. The van der Waals surface area contributed by atoms with Gasteiger partial charge in [-0.05, 0) is 40.4 Å². The number of amides is 2. The van der Waals surface area contributed by atoms with Crippen LogP contribution in [0.15, 0.2) is 107 Å². The molecule has 288 valence electrons. The molecule has 0 radical (unpaired) electrons. The molecule has 2 atom stereocenters. The minimum Gasteiger partial charge on any atom is -0.494 e. The summed E-state index contributed by atoms with van der Waals surface area (Å²) in [6, 6.07) is 27.3. The van der Waals surface area contributed by atoms with Crippen LogP contribution in [0.2, 0.25) is 5.04 Å². The quantitative estimate of drug-likeness (QED) is 0.143. The van der Waals surface area contributed by atoms with Crippen LogP contribution >= 0.6 is 11.3 Å². The Kier molecular flexibility index (Phi) is 11.0.